The van der Waals surface area contributed by atoms with Crippen molar-refractivity contribution in [2.45, 2.75) is 251 Å². The number of halogens is 7. The van der Waals surface area contributed by atoms with Gasteiger partial charge in [0.1, 0.15) is 34.9 Å². The average molecular weight is 1680 g/mol. The van der Waals surface area contributed by atoms with E-state index in [0.29, 0.717) is 126 Å². The summed E-state index contributed by atoms with van der Waals surface area (Å²) in [6.07, 6.45) is 4.84. The molecular weight excluding hydrogens is 1550 g/mol. The van der Waals surface area contributed by atoms with Gasteiger partial charge >= 0.3 is 0 Å². The van der Waals surface area contributed by atoms with Crippen molar-refractivity contribution in [3.8, 4) is 0 Å². The van der Waals surface area contributed by atoms with Crippen LogP contribution in [0.4, 0.5) is 32.0 Å². The minimum atomic E-state index is -0.673. The van der Waals surface area contributed by atoms with E-state index in [1.807, 2.05) is 71.5 Å². The van der Waals surface area contributed by atoms with Crippen LogP contribution in [0.2, 0.25) is 5.02 Å². The minimum absolute atomic E-state index is 0.00297. The van der Waals surface area contributed by atoms with Crippen LogP contribution in [0.25, 0.3) is 0 Å². The number of piperidine rings is 3. The van der Waals surface area contributed by atoms with Gasteiger partial charge in [0.25, 0.3) is 0 Å². The fourth-order valence-electron chi connectivity index (χ4n) is 21.8. The molecule has 15 nitrogen and oxygen atoms in total. The second kappa shape index (κ2) is 33.3. The highest BCUT2D eigenvalue weighted by Gasteiger charge is 2.58. The van der Waals surface area contributed by atoms with Crippen molar-refractivity contribution in [1.82, 2.24) is 39.6 Å². The van der Waals surface area contributed by atoms with Crippen molar-refractivity contribution in [2.24, 2.45) is 17.8 Å². The summed E-state index contributed by atoms with van der Waals surface area (Å²) in [6, 6.07) is 23.7. The summed E-state index contributed by atoms with van der Waals surface area (Å²) in [4.78, 5) is 98.5. The number of anilines is 1. The summed E-state index contributed by atoms with van der Waals surface area (Å²) in [5.41, 5.74) is 11.5. The lowest BCUT2D eigenvalue weighted by molar-refractivity contribution is -0.140. The van der Waals surface area contributed by atoms with Gasteiger partial charge in [-0.15, -0.1) is 0 Å². The van der Waals surface area contributed by atoms with Crippen LogP contribution in [0.1, 0.15) is 244 Å². The zero-order chi connectivity index (χ0) is 87.7. The van der Waals surface area contributed by atoms with Crippen LogP contribution >= 0.6 is 11.6 Å². The van der Waals surface area contributed by atoms with Crippen molar-refractivity contribution in [1.29, 1.82) is 0 Å². The Balaban J connectivity index is 0.000000156. The van der Waals surface area contributed by atoms with Gasteiger partial charge < -0.3 is 24.9 Å². The van der Waals surface area contributed by atoms with E-state index in [0.717, 1.165) is 65.4 Å². The maximum atomic E-state index is 15.0. The number of carbonyl (C=O) groups is 6. The van der Waals surface area contributed by atoms with Crippen molar-refractivity contribution in [3.63, 3.8) is 0 Å². The van der Waals surface area contributed by atoms with Gasteiger partial charge in [0.05, 0.1) is 34.6 Å². The van der Waals surface area contributed by atoms with Crippen LogP contribution in [0.3, 0.4) is 0 Å². The molecule has 1 N–H and O–H groups in total. The van der Waals surface area contributed by atoms with Crippen LogP contribution < -0.4 is 10.2 Å². The Bertz CT molecular complexity index is 4780. The van der Waals surface area contributed by atoms with Gasteiger partial charge in [-0.05, 0) is 292 Å². The van der Waals surface area contributed by atoms with Gasteiger partial charge in [0.15, 0.2) is 5.78 Å². The molecule has 6 saturated heterocycles. The number of fused-ring (bicyclic) bond motifs is 6. The number of rotatable bonds is 10. The van der Waals surface area contributed by atoms with Crippen LogP contribution in [0, 0.1) is 87.3 Å². The first-order chi connectivity index (χ1) is 56.0. The van der Waals surface area contributed by atoms with Crippen molar-refractivity contribution >= 4 is 52.6 Å². The molecule has 8 atom stereocenters. The predicted octanol–water partition coefficient (Wildman–Crippen LogP) is 17.6. The third kappa shape index (κ3) is 16.8. The SMILES string of the molecule is CC(=O)NC(C)(C)C1CC2(CCN(C(=O)C3CN(C(C)(C)C)C[C@H]3c3ccc(F)cc3F)CC2)c2cc(C)c(C)cc21.Cc1cc2c(cc1C)C1(CCN(C(=O)[C@@H]3CN(C(C)(C)C)C[C@H]3c3ccc(F)cc3F)CC1)C(=O)N2C(C)C.Cc1cc2c(cc1Cl)C1(CCN(C(=O)[C@@H]3CN(C(C)(C)C)C[C@H]3c3ccc(F)cc3F)CC1)C(=O)C2N(C)C. The molecular formula is C98H126ClF6N9O6. The number of benzene rings is 6. The number of hydrogen-bond acceptors (Lipinski definition) is 10. The van der Waals surface area contributed by atoms with Gasteiger partial charge in [0.2, 0.25) is 29.5 Å². The highest BCUT2D eigenvalue weighted by molar-refractivity contribution is 6.31. The molecule has 648 valence electrons. The van der Waals surface area contributed by atoms with E-state index >= 15 is 4.39 Å². The Morgan fingerprint density at radius 2 is 0.825 bits per heavy atom. The molecule has 0 saturated carbocycles. The molecule has 6 fully saturated rings. The van der Waals surface area contributed by atoms with E-state index in [1.54, 1.807) is 6.92 Å². The molecule has 9 aliphatic rings. The first-order valence-corrected chi connectivity index (χ1v) is 43.7. The topological polar surface area (TPSA) is 140 Å². The lowest BCUT2D eigenvalue weighted by atomic mass is 9.71. The first-order valence-electron chi connectivity index (χ1n) is 43.3. The number of likely N-dealkylation sites (tertiary alicyclic amines) is 6. The second-order valence-corrected chi connectivity index (χ2v) is 41.0. The van der Waals surface area contributed by atoms with Crippen LogP contribution in [0.15, 0.2) is 91.0 Å². The molecule has 6 aromatic rings. The molecule has 2 aliphatic carbocycles. The standard InChI is InChI=1S/C35H47F2N3O2.C32H41F2N3O2.C31H38ClF2N3O2/c1-21-15-26-29(16-22(21)2)35(18-30(26)34(7,8)38-23(3)41)11-13-39(14-12-35)32(42)28-20-40(33(4,5)6)19-27(28)25-10-9-24(36)17-31(25)37;1-19(2)37-28-15-21(4)20(3)14-26(28)32(30(37)39)10-12-35(13-11-32)29(38)25-18-36(31(5,6)7)17-24(25)23-9-8-22(33)16-27(23)34;1-18-13-21-24(15-25(18)32)31(28(38)27(21)35(5)6)9-11-36(12-10-31)29(39)23-17-37(30(2,3)4)16-22(23)20-8-7-19(33)14-26(20)34/h9-10,15-17,27-28,30H,11-14,18-20H2,1-8H3,(H,38,41);8-9,14-16,19,24-25H,10-13,17-18H2,1-7H3;7-8,13-15,22-23,27H,9-12,16-17H2,1-6H3/t27-,28?,30?;24-,25+;22-,23+,27?/m000/s1. The molecule has 22 heteroatoms. The normalized spacial score (nSPS) is 24.2. The Labute approximate surface area is 712 Å². The number of aryl methyl sites for hydroxylation is 5. The lowest BCUT2D eigenvalue weighted by Gasteiger charge is -2.42. The number of nitrogens with zero attached hydrogens (tertiary/aromatic N) is 8. The van der Waals surface area contributed by atoms with Gasteiger partial charge in [-0.25, -0.2) is 26.3 Å². The van der Waals surface area contributed by atoms with Crippen molar-refractivity contribution in [3.05, 3.63) is 203 Å². The number of ketones is 1. The maximum Gasteiger partial charge on any atom is 0.238 e. The Morgan fingerprint density at radius 1 is 0.458 bits per heavy atom. The lowest BCUT2D eigenvalue weighted by Crippen LogP contribution is -2.52. The third-order valence-electron chi connectivity index (χ3n) is 29.2. The van der Waals surface area contributed by atoms with E-state index in [1.165, 1.54) is 69.8 Å². The number of hydrogen-bond donors (Lipinski definition) is 1. The molecule has 0 aromatic heterocycles. The third-order valence-corrected chi connectivity index (χ3v) is 29.6. The summed E-state index contributed by atoms with van der Waals surface area (Å²) < 4.78 is 86.0. The fourth-order valence-corrected chi connectivity index (χ4v) is 22.0. The smallest absolute Gasteiger partial charge is 0.238 e. The molecule has 7 heterocycles. The van der Waals surface area contributed by atoms with E-state index < -0.39 is 63.1 Å². The van der Waals surface area contributed by atoms with E-state index in [9.17, 15) is 50.7 Å². The molecule has 5 amide bonds. The highest BCUT2D eigenvalue weighted by atomic mass is 35.5. The number of likely N-dealkylation sites (N-methyl/N-ethyl adjacent to an activating group) is 1. The summed E-state index contributed by atoms with van der Waals surface area (Å²) in [6.45, 7) is 45.5. The van der Waals surface area contributed by atoms with E-state index in [2.05, 4.69) is 148 Å². The zero-order valence-electron chi connectivity index (χ0n) is 74.5. The highest BCUT2D eigenvalue weighted by Crippen LogP contribution is 2.58. The molecule has 6 aromatic carbocycles. The van der Waals surface area contributed by atoms with Gasteiger partial charge in [-0.2, -0.15) is 0 Å². The number of nitrogens with one attached hydrogen (secondary N) is 1. The molecule has 0 radical (unpaired) electrons. The zero-order valence-corrected chi connectivity index (χ0v) is 75.2. The van der Waals surface area contributed by atoms with Gasteiger partial charge in [-0.3, -0.25) is 48.4 Å². The van der Waals surface area contributed by atoms with Gasteiger partial charge in [0, 0.05) is 166 Å². The summed E-state index contributed by atoms with van der Waals surface area (Å²) >= 11 is 6.53. The average Bonchev–Trinajstić information content (AvgIpc) is 1.56. The number of carbonyl (C=O) groups excluding carboxylic acids is 6. The van der Waals surface area contributed by atoms with Crippen LogP contribution in [0.5, 0.6) is 0 Å². The Kier molecular flexibility index (Phi) is 24.9. The van der Waals surface area contributed by atoms with Gasteiger partial charge in [-0.1, -0.05) is 54.1 Å². The quantitative estimate of drug-likeness (QED) is 0.132. The monoisotopic (exact) mass is 1670 g/mol. The molecule has 7 aliphatic heterocycles. The predicted molar refractivity (Wildman–Crippen MR) is 462 cm³/mol. The van der Waals surface area contributed by atoms with E-state index in [-0.39, 0.29) is 99.0 Å². The van der Waals surface area contributed by atoms with Crippen LogP contribution in [-0.2, 0) is 45.0 Å². The summed E-state index contributed by atoms with van der Waals surface area (Å²) in [7, 11) is 3.84. The molecule has 15 rings (SSSR count). The second-order valence-electron chi connectivity index (χ2n) is 40.6. The fraction of sp³-hybridized carbons (Fsp3) is 0.571. The summed E-state index contributed by atoms with van der Waals surface area (Å²) in [5, 5.41) is 3.85. The molecule has 0 bridgehead atoms. The summed E-state index contributed by atoms with van der Waals surface area (Å²) in [5.74, 6) is -5.45. The Hall–Kier alpha value is -7.95. The first kappa shape index (κ1) is 89.8. The molecule has 3 spiro atoms. The number of Topliss-reactive ketones (excluding diaryl/α,β-unsaturated/α-hetero) is 1. The van der Waals surface area contributed by atoms with Crippen molar-refractivity contribution in [2.75, 3.05) is 97.5 Å². The van der Waals surface area contributed by atoms with E-state index in [4.69, 9.17) is 11.6 Å². The molecule has 3 unspecified atom stereocenters. The minimum Gasteiger partial charge on any atom is -0.351 e. The maximum absolute atomic E-state index is 15.0. The van der Waals surface area contributed by atoms with Crippen LogP contribution in [-0.4, -0.2) is 190 Å². The Morgan fingerprint density at radius 3 is 1.20 bits per heavy atom. The van der Waals surface area contributed by atoms with Crippen molar-refractivity contribution < 1.29 is 55.1 Å². The molecule has 120 heavy (non-hydrogen) atoms. The number of amides is 5. The largest absolute Gasteiger partial charge is 0.351 e.